The molecular weight excluding hydrogens is 368 g/mol. The van der Waals surface area contributed by atoms with Gasteiger partial charge in [-0.1, -0.05) is 12.1 Å². The molecule has 0 atom stereocenters. The molecule has 144 valence electrons. The van der Waals surface area contributed by atoms with Gasteiger partial charge >= 0.3 is 0 Å². The van der Waals surface area contributed by atoms with Crippen LogP contribution in [-0.2, 0) is 6.54 Å². The van der Waals surface area contributed by atoms with Gasteiger partial charge in [-0.3, -0.25) is 4.79 Å². The second kappa shape index (κ2) is 7.85. The van der Waals surface area contributed by atoms with Crippen LogP contribution in [0.4, 0.5) is 5.82 Å². The summed E-state index contributed by atoms with van der Waals surface area (Å²) in [6.45, 7) is 0.308. The van der Waals surface area contributed by atoms with Gasteiger partial charge in [-0.05, 0) is 48.5 Å². The van der Waals surface area contributed by atoms with Crippen molar-refractivity contribution in [1.29, 1.82) is 0 Å². The Kier molecular flexibility index (Phi) is 4.94. The molecule has 0 unspecified atom stereocenters. The third kappa shape index (κ3) is 4.08. The third-order valence-corrected chi connectivity index (χ3v) is 4.37. The predicted molar refractivity (Wildman–Crippen MR) is 109 cm³/mol. The largest absolute Gasteiger partial charge is 0.508 e. The Bertz CT molecular complexity index is 1140. The number of nitrogens with two attached hydrogens (primary N) is 1. The van der Waals surface area contributed by atoms with Crippen LogP contribution in [0.5, 0.6) is 5.75 Å². The Labute approximate surface area is 166 Å². The number of carbonyl (C=O) groups excluding carboxylic acids is 1. The van der Waals surface area contributed by atoms with E-state index in [-0.39, 0.29) is 17.5 Å². The van der Waals surface area contributed by atoms with E-state index >= 15 is 0 Å². The first-order valence-corrected chi connectivity index (χ1v) is 8.93. The number of hydrogen-bond acceptors (Lipinski definition) is 6. The Morgan fingerprint density at radius 2 is 1.90 bits per heavy atom. The number of benzene rings is 2. The Morgan fingerprint density at radius 1 is 1.07 bits per heavy atom. The van der Waals surface area contributed by atoms with Crippen LogP contribution < -0.4 is 11.1 Å². The van der Waals surface area contributed by atoms with Crippen LogP contribution in [0.2, 0.25) is 0 Å². The molecule has 0 aliphatic heterocycles. The average Bonchev–Trinajstić information content (AvgIpc) is 3.27. The molecule has 4 aromatic rings. The van der Waals surface area contributed by atoms with E-state index in [1.54, 1.807) is 67.1 Å². The maximum atomic E-state index is 12.5. The number of anilines is 1. The number of aromatic hydroxyl groups is 1. The van der Waals surface area contributed by atoms with E-state index in [2.05, 4.69) is 15.3 Å². The highest BCUT2D eigenvalue weighted by Crippen LogP contribution is 2.27. The van der Waals surface area contributed by atoms with Crippen molar-refractivity contribution in [3.8, 4) is 28.3 Å². The Balaban J connectivity index is 1.60. The van der Waals surface area contributed by atoms with E-state index in [0.717, 1.165) is 11.1 Å². The molecule has 0 radical (unpaired) electrons. The molecule has 7 nitrogen and oxygen atoms in total. The smallest absolute Gasteiger partial charge is 0.251 e. The molecule has 2 aromatic carbocycles. The number of hydrogen-bond donors (Lipinski definition) is 3. The van der Waals surface area contributed by atoms with Gasteiger partial charge in [0.1, 0.15) is 23.0 Å². The van der Waals surface area contributed by atoms with Gasteiger partial charge in [0.15, 0.2) is 0 Å². The van der Waals surface area contributed by atoms with Crippen molar-refractivity contribution in [1.82, 2.24) is 15.3 Å². The van der Waals surface area contributed by atoms with E-state index in [9.17, 15) is 9.90 Å². The molecule has 29 heavy (non-hydrogen) atoms. The Hall–Kier alpha value is -4.13. The minimum Gasteiger partial charge on any atom is -0.508 e. The van der Waals surface area contributed by atoms with E-state index in [0.29, 0.717) is 29.3 Å². The lowest BCUT2D eigenvalue weighted by Crippen LogP contribution is -2.22. The molecule has 0 aliphatic rings. The number of nitrogens with zero attached hydrogens (tertiary/aromatic N) is 2. The summed E-state index contributed by atoms with van der Waals surface area (Å²) in [6, 6.07) is 17.2. The predicted octanol–water partition coefficient (Wildman–Crippen LogP) is 3.62. The zero-order valence-corrected chi connectivity index (χ0v) is 15.4. The van der Waals surface area contributed by atoms with Crippen molar-refractivity contribution in [3.63, 3.8) is 0 Å². The van der Waals surface area contributed by atoms with Gasteiger partial charge in [-0.2, -0.15) is 0 Å². The minimum absolute atomic E-state index is 0.157. The van der Waals surface area contributed by atoms with E-state index in [4.69, 9.17) is 10.2 Å². The van der Waals surface area contributed by atoms with Crippen LogP contribution in [0, 0.1) is 0 Å². The summed E-state index contributed by atoms with van der Waals surface area (Å²) in [7, 11) is 0. The summed E-state index contributed by atoms with van der Waals surface area (Å²) in [5, 5.41) is 12.3. The highest BCUT2D eigenvalue weighted by molar-refractivity contribution is 5.95. The fourth-order valence-electron chi connectivity index (χ4n) is 2.87. The number of phenolic OH excluding ortho intramolecular Hbond substituents is 1. The van der Waals surface area contributed by atoms with Crippen molar-refractivity contribution in [3.05, 3.63) is 84.4 Å². The average molecular weight is 386 g/mol. The van der Waals surface area contributed by atoms with Crippen LogP contribution in [0.1, 0.15) is 16.1 Å². The van der Waals surface area contributed by atoms with Crippen molar-refractivity contribution >= 4 is 11.7 Å². The summed E-state index contributed by atoms with van der Waals surface area (Å²) in [6.07, 6.45) is 3.13. The molecule has 0 saturated carbocycles. The van der Waals surface area contributed by atoms with Gasteiger partial charge in [0.05, 0.1) is 24.7 Å². The summed E-state index contributed by atoms with van der Waals surface area (Å²) in [4.78, 5) is 21.3. The first kappa shape index (κ1) is 18.2. The first-order chi connectivity index (χ1) is 14.1. The Morgan fingerprint density at radius 3 is 2.66 bits per heavy atom. The number of nitrogens with one attached hydrogen (secondary N) is 1. The highest BCUT2D eigenvalue weighted by Gasteiger charge is 2.12. The van der Waals surface area contributed by atoms with E-state index < -0.39 is 0 Å². The second-order valence-electron chi connectivity index (χ2n) is 6.38. The van der Waals surface area contributed by atoms with Crippen LogP contribution in [-0.4, -0.2) is 21.0 Å². The van der Waals surface area contributed by atoms with Crippen LogP contribution in [0.25, 0.3) is 22.5 Å². The number of carbonyl (C=O) groups is 1. The maximum Gasteiger partial charge on any atom is 0.251 e. The van der Waals surface area contributed by atoms with Gasteiger partial charge < -0.3 is 20.6 Å². The molecular formula is C22H18N4O3. The number of nitrogen functional groups attached to an aromatic ring is 1. The maximum absolute atomic E-state index is 12.5. The first-order valence-electron chi connectivity index (χ1n) is 8.93. The van der Waals surface area contributed by atoms with Gasteiger partial charge in [0.25, 0.3) is 5.91 Å². The lowest BCUT2D eigenvalue weighted by Gasteiger charge is -2.09. The van der Waals surface area contributed by atoms with Crippen molar-refractivity contribution in [2.75, 3.05) is 5.73 Å². The number of aromatic nitrogens is 2. The number of phenols is 1. The number of furan rings is 1. The van der Waals surface area contributed by atoms with Crippen molar-refractivity contribution in [2.45, 2.75) is 6.54 Å². The summed E-state index contributed by atoms with van der Waals surface area (Å²) < 4.78 is 5.23. The topological polar surface area (TPSA) is 114 Å². The minimum atomic E-state index is -0.217. The molecule has 0 bridgehead atoms. The molecule has 2 aromatic heterocycles. The molecule has 0 saturated heterocycles. The SMILES string of the molecule is Nc1ncc(-c2cccc(C(=O)NCc3ccco3)c2)nc1-c1ccc(O)cc1. The van der Waals surface area contributed by atoms with Crippen molar-refractivity contribution in [2.24, 2.45) is 0 Å². The summed E-state index contributed by atoms with van der Waals surface area (Å²) in [5.41, 5.74) is 9.06. The van der Waals surface area contributed by atoms with Gasteiger partial charge in [-0.25, -0.2) is 9.97 Å². The van der Waals surface area contributed by atoms with Crippen LogP contribution in [0.3, 0.4) is 0 Å². The number of amides is 1. The fraction of sp³-hybridized carbons (Fsp3) is 0.0455. The van der Waals surface area contributed by atoms with Gasteiger partial charge in [0, 0.05) is 16.7 Å². The molecule has 1 amide bonds. The van der Waals surface area contributed by atoms with Crippen molar-refractivity contribution < 1.29 is 14.3 Å². The lowest BCUT2D eigenvalue weighted by molar-refractivity contribution is 0.0948. The zero-order chi connectivity index (χ0) is 20.2. The number of rotatable bonds is 5. The highest BCUT2D eigenvalue weighted by atomic mass is 16.3. The van der Waals surface area contributed by atoms with Crippen LogP contribution in [0.15, 0.2) is 77.5 Å². The molecule has 0 aliphatic carbocycles. The molecule has 4 rings (SSSR count). The van der Waals surface area contributed by atoms with Gasteiger partial charge in [0.2, 0.25) is 0 Å². The molecule has 7 heteroatoms. The molecule has 4 N–H and O–H groups in total. The monoisotopic (exact) mass is 386 g/mol. The van der Waals surface area contributed by atoms with E-state index in [1.807, 2.05) is 6.07 Å². The molecule has 0 fully saturated rings. The quantitative estimate of drug-likeness (QED) is 0.483. The fourth-order valence-corrected chi connectivity index (χ4v) is 2.87. The molecule has 2 heterocycles. The third-order valence-electron chi connectivity index (χ3n) is 4.37. The normalized spacial score (nSPS) is 10.6. The molecule has 0 spiro atoms. The van der Waals surface area contributed by atoms with Crippen LogP contribution >= 0.6 is 0 Å². The summed E-state index contributed by atoms with van der Waals surface area (Å²) >= 11 is 0. The van der Waals surface area contributed by atoms with Gasteiger partial charge in [-0.15, -0.1) is 0 Å². The standard InChI is InChI=1S/C22H18N4O3/c23-21-20(14-6-8-17(27)9-7-14)26-19(13-24-21)15-3-1-4-16(11-15)22(28)25-12-18-5-2-10-29-18/h1-11,13,27H,12H2,(H2,23,24)(H,25,28). The summed E-state index contributed by atoms with van der Waals surface area (Å²) in [5.74, 6) is 0.902. The zero-order valence-electron chi connectivity index (χ0n) is 15.4. The lowest BCUT2D eigenvalue weighted by atomic mass is 10.1. The van der Waals surface area contributed by atoms with E-state index in [1.165, 1.54) is 0 Å². The second-order valence-corrected chi connectivity index (χ2v) is 6.38.